The molecule has 1 fully saturated rings. The lowest BCUT2D eigenvalue weighted by atomic mass is 10.2. The number of ether oxygens (including phenoxy) is 1. The molecule has 2 aromatic heterocycles. The number of carbonyl (C=O) groups excluding carboxylic acids is 1. The highest BCUT2D eigenvalue weighted by molar-refractivity contribution is 5.91. The standard InChI is InChI=1S/C14H17N5O5/c1-6(2)11(20)17-14-16-10-9(12(21)18-14)15-5-19(10)8-4-3-7(24-8)13(22)23/h5-8H,3-4H2,1-2H3,(H,22,23)(H2,16,17,18,20,21). The van der Waals surface area contributed by atoms with Crippen LogP contribution in [-0.2, 0) is 14.3 Å². The van der Waals surface area contributed by atoms with Gasteiger partial charge in [0, 0.05) is 5.92 Å². The molecule has 3 N–H and O–H groups in total. The third-order valence-electron chi connectivity index (χ3n) is 3.78. The van der Waals surface area contributed by atoms with E-state index in [-0.39, 0.29) is 28.9 Å². The number of imidazole rings is 1. The summed E-state index contributed by atoms with van der Waals surface area (Å²) in [6, 6.07) is 0. The van der Waals surface area contributed by atoms with Gasteiger partial charge < -0.3 is 9.84 Å². The van der Waals surface area contributed by atoms with Crippen molar-refractivity contribution in [3.8, 4) is 0 Å². The van der Waals surface area contributed by atoms with Crippen LogP contribution in [0.2, 0.25) is 0 Å². The number of hydrogen-bond donors (Lipinski definition) is 3. The minimum atomic E-state index is -1.03. The number of amides is 1. The van der Waals surface area contributed by atoms with Crippen molar-refractivity contribution in [3.63, 3.8) is 0 Å². The molecule has 0 bridgehead atoms. The molecule has 2 unspecified atom stereocenters. The molecule has 2 atom stereocenters. The minimum absolute atomic E-state index is 0.0146. The number of aliphatic carboxylic acids is 1. The van der Waals surface area contributed by atoms with Crippen LogP contribution < -0.4 is 10.9 Å². The van der Waals surface area contributed by atoms with Crippen molar-refractivity contribution in [2.24, 2.45) is 5.92 Å². The number of nitrogens with zero attached hydrogens (tertiary/aromatic N) is 3. The summed E-state index contributed by atoms with van der Waals surface area (Å²) in [7, 11) is 0. The molecule has 3 heterocycles. The van der Waals surface area contributed by atoms with Gasteiger partial charge in [0.15, 0.2) is 17.3 Å². The van der Waals surface area contributed by atoms with E-state index in [1.807, 2.05) is 0 Å². The SMILES string of the molecule is CC(C)C(=O)Nc1nc2c(ncn2C2CCC(C(=O)O)O2)c(=O)[nH]1. The molecule has 10 heteroatoms. The van der Waals surface area contributed by atoms with Crippen molar-refractivity contribution >= 4 is 29.0 Å². The molecule has 1 aliphatic heterocycles. The Kier molecular flexibility index (Phi) is 4.06. The molecule has 0 spiro atoms. The average molecular weight is 335 g/mol. The number of H-pyrrole nitrogens is 1. The lowest BCUT2D eigenvalue weighted by molar-refractivity contribution is -0.151. The Labute approximate surface area is 135 Å². The molecule has 128 valence electrons. The first-order chi connectivity index (χ1) is 11.4. The predicted octanol–water partition coefficient (Wildman–Crippen LogP) is 0.476. The fraction of sp³-hybridized carbons (Fsp3) is 0.500. The number of anilines is 1. The zero-order chi connectivity index (χ0) is 17.4. The first kappa shape index (κ1) is 16.1. The van der Waals surface area contributed by atoms with Crippen LogP contribution in [0.5, 0.6) is 0 Å². The van der Waals surface area contributed by atoms with Gasteiger partial charge in [-0.15, -0.1) is 0 Å². The van der Waals surface area contributed by atoms with Gasteiger partial charge in [0.1, 0.15) is 6.23 Å². The van der Waals surface area contributed by atoms with Gasteiger partial charge in [0.05, 0.1) is 6.33 Å². The Bertz CT molecular complexity index is 855. The first-order valence-electron chi connectivity index (χ1n) is 7.52. The molecule has 2 aromatic rings. The van der Waals surface area contributed by atoms with Crippen LogP contribution in [0, 0.1) is 5.92 Å². The van der Waals surface area contributed by atoms with E-state index >= 15 is 0 Å². The fourth-order valence-electron chi connectivity index (χ4n) is 2.46. The van der Waals surface area contributed by atoms with Crippen molar-refractivity contribution < 1.29 is 19.4 Å². The molecule has 1 aliphatic rings. The minimum Gasteiger partial charge on any atom is -0.479 e. The number of carbonyl (C=O) groups is 2. The fourth-order valence-corrected chi connectivity index (χ4v) is 2.46. The van der Waals surface area contributed by atoms with Gasteiger partial charge in [-0.1, -0.05) is 13.8 Å². The largest absolute Gasteiger partial charge is 0.479 e. The van der Waals surface area contributed by atoms with Crippen LogP contribution in [0.1, 0.15) is 32.9 Å². The number of fused-ring (bicyclic) bond motifs is 1. The van der Waals surface area contributed by atoms with Crippen LogP contribution in [0.3, 0.4) is 0 Å². The van der Waals surface area contributed by atoms with Crippen molar-refractivity contribution in [2.75, 3.05) is 5.32 Å². The molecule has 0 radical (unpaired) electrons. The summed E-state index contributed by atoms with van der Waals surface area (Å²) in [4.78, 5) is 45.6. The Morgan fingerprint density at radius 1 is 1.46 bits per heavy atom. The molecule has 3 rings (SSSR count). The zero-order valence-corrected chi connectivity index (χ0v) is 13.1. The number of aromatic amines is 1. The van der Waals surface area contributed by atoms with Gasteiger partial charge in [-0.3, -0.25) is 24.5 Å². The molecular formula is C14H17N5O5. The van der Waals surface area contributed by atoms with E-state index in [2.05, 4.69) is 20.3 Å². The van der Waals surface area contributed by atoms with Crippen molar-refractivity contribution in [2.45, 2.75) is 39.0 Å². The lowest BCUT2D eigenvalue weighted by Gasteiger charge is -2.13. The predicted molar refractivity (Wildman–Crippen MR) is 82.4 cm³/mol. The zero-order valence-electron chi connectivity index (χ0n) is 13.1. The number of aromatic nitrogens is 4. The van der Waals surface area contributed by atoms with E-state index < -0.39 is 23.9 Å². The van der Waals surface area contributed by atoms with Gasteiger partial charge in [0.2, 0.25) is 11.9 Å². The Balaban J connectivity index is 1.96. The van der Waals surface area contributed by atoms with Crippen LogP contribution in [0.4, 0.5) is 5.95 Å². The second-order valence-corrected chi connectivity index (χ2v) is 5.88. The number of nitrogens with one attached hydrogen (secondary N) is 2. The summed E-state index contributed by atoms with van der Waals surface area (Å²) >= 11 is 0. The third kappa shape index (κ3) is 2.87. The smallest absolute Gasteiger partial charge is 0.332 e. The van der Waals surface area contributed by atoms with E-state index in [9.17, 15) is 14.4 Å². The third-order valence-corrected chi connectivity index (χ3v) is 3.78. The quantitative estimate of drug-likeness (QED) is 0.738. The summed E-state index contributed by atoms with van der Waals surface area (Å²) in [5.74, 6) is -1.57. The Morgan fingerprint density at radius 2 is 2.21 bits per heavy atom. The second-order valence-electron chi connectivity index (χ2n) is 5.88. The van der Waals surface area contributed by atoms with Gasteiger partial charge in [-0.2, -0.15) is 4.98 Å². The van der Waals surface area contributed by atoms with E-state index in [0.29, 0.717) is 12.8 Å². The van der Waals surface area contributed by atoms with Crippen molar-refractivity contribution in [3.05, 3.63) is 16.7 Å². The molecule has 1 amide bonds. The van der Waals surface area contributed by atoms with E-state index in [1.54, 1.807) is 13.8 Å². The number of hydrogen-bond acceptors (Lipinski definition) is 6. The van der Waals surface area contributed by atoms with Crippen LogP contribution in [0.15, 0.2) is 11.1 Å². The molecule has 10 nitrogen and oxygen atoms in total. The summed E-state index contributed by atoms with van der Waals surface area (Å²) in [5.41, 5.74) is -0.167. The molecule has 0 aliphatic carbocycles. The topological polar surface area (TPSA) is 139 Å². The summed E-state index contributed by atoms with van der Waals surface area (Å²) < 4.78 is 6.97. The summed E-state index contributed by atoms with van der Waals surface area (Å²) in [5, 5.41) is 11.5. The Hall–Kier alpha value is -2.75. The van der Waals surface area contributed by atoms with Gasteiger partial charge >= 0.3 is 5.97 Å². The molecule has 1 saturated heterocycles. The molecular weight excluding hydrogens is 318 g/mol. The highest BCUT2D eigenvalue weighted by atomic mass is 16.5. The second kappa shape index (κ2) is 6.04. The molecule has 24 heavy (non-hydrogen) atoms. The molecule has 0 saturated carbocycles. The lowest BCUT2D eigenvalue weighted by Crippen LogP contribution is -2.23. The van der Waals surface area contributed by atoms with Crippen LogP contribution in [-0.4, -0.2) is 42.6 Å². The summed E-state index contributed by atoms with van der Waals surface area (Å²) in [6.07, 6.45) is 0.744. The van der Waals surface area contributed by atoms with Gasteiger partial charge in [0.25, 0.3) is 5.56 Å². The van der Waals surface area contributed by atoms with E-state index in [0.717, 1.165) is 0 Å². The highest BCUT2D eigenvalue weighted by Gasteiger charge is 2.32. The van der Waals surface area contributed by atoms with E-state index in [1.165, 1.54) is 10.9 Å². The van der Waals surface area contributed by atoms with Crippen LogP contribution in [0.25, 0.3) is 11.2 Å². The number of rotatable bonds is 4. The highest BCUT2D eigenvalue weighted by Crippen LogP contribution is 2.30. The monoisotopic (exact) mass is 335 g/mol. The molecule has 0 aromatic carbocycles. The summed E-state index contributed by atoms with van der Waals surface area (Å²) in [6.45, 7) is 3.43. The number of carboxylic acids is 1. The van der Waals surface area contributed by atoms with E-state index in [4.69, 9.17) is 9.84 Å². The first-order valence-corrected chi connectivity index (χ1v) is 7.52. The van der Waals surface area contributed by atoms with Crippen LogP contribution >= 0.6 is 0 Å². The maximum atomic E-state index is 12.1. The maximum Gasteiger partial charge on any atom is 0.332 e. The van der Waals surface area contributed by atoms with Crippen molar-refractivity contribution in [1.82, 2.24) is 19.5 Å². The maximum absolute atomic E-state index is 12.1. The Morgan fingerprint density at radius 3 is 2.83 bits per heavy atom. The number of carboxylic acid groups (broad SMARTS) is 1. The van der Waals surface area contributed by atoms with Gasteiger partial charge in [-0.05, 0) is 12.8 Å². The van der Waals surface area contributed by atoms with Crippen molar-refractivity contribution in [1.29, 1.82) is 0 Å². The van der Waals surface area contributed by atoms with Gasteiger partial charge in [-0.25, -0.2) is 9.78 Å². The normalized spacial score (nSPS) is 20.6. The average Bonchev–Trinajstić information content (AvgIpc) is 3.13.